The lowest BCUT2D eigenvalue weighted by molar-refractivity contribution is -0.0608. The summed E-state index contributed by atoms with van der Waals surface area (Å²) >= 11 is 0. The van der Waals surface area contributed by atoms with Gasteiger partial charge in [-0.05, 0) is 43.4 Å². The summed E-state index contributed by atoms with van der Waals surface area (Å²) in [5.41, 5.74) is 8.75. The number of rotatable bonds is 5. The normalized spacial score (nSPS) is 25.2. The van der Waals surface area contributed by atoms with Crippen molar-refractivity contribution in [2.75, 3.05) is 26.7 Å². The number of piperidine rings is 1. The molecule has 3 nitrogen and oxygen atoms in total. The van der Waals surface area contributed by atoms with E-state index < -0.39 is 0 Å². The average Bonchev–Trinajstić information content (AvgIpc) is 2.49. The van der Waals surface area contributed by atoms with E-state index in [1.165, 1.54) is 17.5 Å². The molecule has 118 valence electrons. The second-order valence-electron chi connectivity index (χ2n) is 6.80. The maximum Gasteiger partial charge on any atom is 0.0777 e. The molecule has 21 heavy (non-hydrogen) atoms. The lowest BCUT2D eigenvalue weighted by Crippen LogP contribution is -2.49. The van der Waals surface area contributed by atoms with Gasteiger partial charge >= 0.3 is 0 Å². The Morgan fingerprint density at radius 3 is 2.38 bits per heavy atom. The Bertz CT molecular complexity index is 443. The minimum Gasteiger partial charge on any atom is -0.377 e. The van der Waals surface area contributed by atoms with Gasteiger partial charge in [0.05, 0.1) is 5.60 Å². The highest BCUT2D eigenvalue weighted by Crippen LogP contribution is 2.30. The van der Waals surface area contributed by atoms with Gasteiger partial charge in [-0.3, -0.25) is 4.90 Å². The number of methoxy groups -OCH3 is 1. The van der Waals surface area contributed by atoms with E-state index in [1.54, 1.807) is 0 Å². The zero-order valence-corrected chi connectivity index (χ0v) is 13.9. The fourth-order valence-electron chi connectivity index (χ4n) is 3.28. The predicted molar refractivity (Wildman–Crippen MR) is 88.5 cm³/mol. The van der Waals surface area contributed by atoms with E-state index in [1.807, 2.05) is 7.11 Å². The Kier molecular flexibility index (Phi) is 5.42. The summed E-state index contributed by atoms with van der Waals surface area (Å²) in [6, 6.07) is 9.25. The fourth-order valence-corrected chi connectivity index (χ4v) is 3.28. The number of benzene rings is 1. The van der Waals surface area contributed by atoms with Crippen LogP contribution < -0.4 is 5.73 Å². The van der Waals surface area contributed by atoms with E-state index in [9.17, 15) is 0 Å². The number of nitrogens with zero attached hydrogens (tertiary/aromatic N) is 1. The van der Waals surface area contributed by atoms with Crippen molar-refractivity contribution in [3.8, 4) is 0 Å². The largest absolute Gasteiger partial charge is 0.377 e. The van der Waals surface area contributed by atoms with Crippen molar-refractivity contribution < 1.29 is 4.74 Å². The first-order valence-electron chi connectivity index (χ1n) is 8.08. The van der Waals surface area contributed by atoms with Crippen molar-refractivity contribution >= 4 is 0 Å². The molecule has 2 unspecified atom stereocenters. The van der Waals surface area contributed by atoms with E-state index in [0.29, 0.717) is 18.5 Å². The molecule has 3 heteroatoms. The summed E-state index contributed by atoms with van der Waals surface area (Å²) in [5.74, 6) is 0.571. The molecular formula is C18H30N2O. The smallest absolute Gasteiger partial charge is 0.0777 e. The highest BCUT2D eigenvalue weighted by molar-refractivity contribution is 5.27. The van der Waals surface area contributed by atoms with Crippen molar-refractivity contribution in [3.63, 3.8) is 0 Å². The van der Waals surface area contributed by atoms with Crippen LogP contribution >= 0.6 is 0 Å². The Balaban J connectivity index is 2.15. The van der Waals surface area contributed by atoms with E-state index in [2.05, 4.69) is 49.9 Å². The first kappa shape index (κ1) is 16.5. The molecule has 0 bridgehead atoms. The summed E-state index contributed by atoms with van der Waals surface area (Å²) in [5, 5.41) is 0. The van der Waals surface area contributed by atoms with E-state index in [4.69, 9.17) is 10.5 Å². The molecule has 1 aliphatic rings. The number of likely N-dealkylation sites (tertiary alicyclic amines) is 1. The van der Waals surface area contributed by atoms with Crippen molar-refractivity contribution in [1.82, 2.24) is 4.90 Å². The van der Waals surface area contributed by atoms with Crippen molar-refractivity contribution in [2.45, 2.75) is 51.2 Å². The third-order valence-corrected chi connectivity index (χ3v) is 4.83. The molecule has 1 aliphatic heterocycles. The molecule has 2 atom stereocenters. The van der Waals surface area contributed by atoms with E-state index in [-0.39, 0.29) is 5.60 Å². The number of nitrogens with two attached hydrogens (primary N) is 1. The topological polar surface area (TPSA) is 38.5 Å². The van der Waals surface area contributed by atoms with Gasteiger partial charge in [-0.2, -0.15) is 0 Å². The minimum atomic E-state index is -0.0382. The van der Waals surface area contributed by atoms with Crippen LogP contribution in [0.25, 0.3) is 0 Å². The van der Waals surface area contributed by atoms with Crippen LogP contribution in [0.15, 0.2) is 24.3 Å². The van der Waals surface area contributed by atoms with Gasteiger partial charge in [0.1, 0.15) is 0 Å². The van der Waals surface area contributed by atoms with Crippen LogP contribution in [0.3, 0.4) is 0 Å². The van der Waals surface area contributed by atoms with E-state index >= 15 is 0 Å². The van der Waals surface area contributed by atoms with Crippen LogP contribution in [0.5, 0.6) is 0 Å². The SMILES string of the molecule is COC1(C)CCCN(C(CN)c2ccc(C(C)C)cc2)C1. The summed E-state index contributed by atoms with van der Waals surface area (Å²) < 4.78 is 5.71. The Labute approximate surface area is 129 Å². The first-order chi connectivity index (χ1) is 9.99. The van der Waals surface area contributed by atoms with Crippen molar-refractivity contribution in [2.24, 2.45) is 5.73 Å². The summed E-state index contributed by atoms with van der Waals surface area (Å²) in [6.45, 7) is 9.37. The third-order valence-electron chi connectivity index (χ3n) is 4.83. The van der Waals surface area contributed by atoms with Gasteiger partial charge in [-0.25, -0.2) is 0 Å². The molecule has 1 aromatic rings. The molecule has 0 spiro atoms. The van der Waals surface area contributed by atoms with Crippen LogP contribution in [-0.2, 0) is 4.74 Å². The maximum absolute atomic E-state index is 6.08. The van der Waals surface area contributed by atoms with Crippen LogP contribution in [0, 0.1) is 0 Å². The van der Waals surface area contributed by atoms with Crippen molar-refractivity contribution in [3.05, 3.63) is 35.4 Å². The third kappa shape index (κ3) is 3.85. The molecule has 2 N–H and O–H groups in total. The van der Waals surface area contributed by atoms with Gasteiger partial charge in [0.25, 0.3) is 0 Å². The lowest BCUT2D eigenvalue weighted by Gasteiger charge is -2.43. The van der Waals surface area contributed by atoms with E-state index in [0.717, 1.165) is 19.5 Å². The monoisotopic (exact) mass is 290 g/mol. The minimum absolute atomic E-state index is 0.0382. The molecule has 0 aliphatic carbocycles. The molecule has 0 aromatic heterocycles. The standard InChI is InChI=1S/C18H30N2O/c1-14(2)15-6-8-16(9-7-15)17(12-19)20-11-5-10-18(3,13-20)21-4/h6-9,14,17H,5,10-13,19H2,1-4H3. The number of hydrogen-bond donors (Lipinski definition) is 1. The number of hydrogen-bond acceptors (Lipinski definition) is 3. The maximum atomic E-state index is 6.08. The molecule has 2 rings (SSSR count). The number of ether oxygens (including phenoxy) is 1. The van der Waals surface area contributed by atoms with Crippen LogP contribution in [-0.4, -0.2) is 37.2 Å². The molecule has 0 amide bonds. The Hall–Kier alpha value is -0.900. The second-order valence-corrected chi connectivity index (χ2v) is 6.80. The van der Waals surface area contributed by atoms with Gasteiger partial charge < -0.3 is 10.5 Å². The fraction of sp³-hybridized carbons (Fsp3) is 0.667. The molecule has 1 saturated heterocycles. The molecule has 0 radical (unpaired) electrons. The van der Waals surface area contributed by atoms with Gasteiger partial charge in [-0.15, -0.1) is 0 Å². The Morgan fingerprint density at radius 1 is 1.24 bits per heavy atom. The van der Waals surface area contributed by atoms with Gasteiger partial charge in [0.2, 0.25) is 0 Å². The highest BCUT2D eigenvalue weighted by Gasteiger charge is 2.34. The second kappa shape index (κ2) is 6.91. The van der Waals surface area contributed by atoms with Gasteiger partial charge in [-0.1, -0.05) is 38.1 Å². The van der Waals surface area contributed by atoms with Gasteiger partial charge in [0.15, 0.2) is 0 Å². The zero-order valence-electron chi connectivity index (χ0n) is 13.9. The molecule has 0 saturated carbocycles. The highest BCUT2D eigenvalue weighted by atomic mass is 16.5. The van der Waals surface area contributed by atoms with Crippen LogP contribution in [0.4, 0.5) is 0 Å². The zero-order chi connectivity index (χ0) is 15.5. The summed E-state index contributed by atoms with van der Waals surface area (Å²) in [4.78, 5) is 2.48. The predicted octanol–water partition coefficient (Wildman–Crippen LogP) is 3.31. The van der Waals surface area contributed by atoms with Crippen LogP contribution in [0.2, 0.25) is 0 Å². The quantitative estimate of drug-likeness (QED) is 0.904. The molecule has 1 heterocycles. The Morgan fingerprint density at radius 2 is 1.86 bits per heavy atom. The summed E-state index contributed by atoms with van der Waals surface area (Å²) in [6.07, 6.45) is 2.30. The van der Waals surface area contributed by atoms with Gasteiger partial charge in [0, 0.05) is 26.2 Å². The van der Waals surface area contributed by atoms with Crippen molar-refractivity contribution in [1.29, 1.82) is 0 Å². The molecule has 1 fully saturated rings. The molecule has 1 aromatic carbocycles. The first-order valence-corrected chi connectivity index (χ1v) is 8.08. The lowest BCUT2D eigenvalue weighted by atomic mass is 9.91. The molecular weight excluding hydrogens is 260 g/mol. The average molecular weight is 290 g/mol. The van der Waals surface area contributed by atoms with Crippen LogP contribution in [0.1, 0.15) is 56.7 Å². The summed E-state index contributed by atoms with van der Waals surface area (Å²) in [7, 11) is 1.82.